The van der Waals surface area contributed by atoms with Crippen molar-refractivity contribution in [3.63, 3.8) is 0 Å². The summed E-state index contributed by atoms with van der Waals surface area (Å²) in [6.45, 7) is 4.87. The van der Waals surface area contributed by atoms with Gasteiger partial charge in [0.15, 0.2) is 5.65 Å². The number of fused-ring (bicyclic) bond motifs is 3. The summed E-state index contributed by atoms with van der Waals surface area (Å²) in [4.78, 5) is 18.2. The van der Waals surface area contributed by atoms with E-state index in [-0.39, 0.29) is 0 Å². The Balaban J connectivity index is 1.43. The van der Waals surface area contributed by atoms with E-state index >= 15 is 0 Å². The van der Waals surface area contributed by atoms with Crippen molar-refractivity contribution in [3.8, 4) is 17.0 Å². The second-order valence-corrected chi connectivity index (χ2v) is 8.25. The number of ether oxygens (including phenoxy) is 2. The van der Waals surface area contributed by atoms with Crippen molar-refractivity contribution < 1.29 is 9.47 Å². The van der Waals surface area contributed by atoms with Crippen LogP contribution in [0.25, 0.3) is 27.9 Å². The fraction of sp³-hybridized carbons (Fsp3) is 0.375. The molecule has 0 unspecified atom stereocenters. The van der Waals surface area contributed by atoms with Gasteiger partial charge in [-0.25, -0.2) is 15.0 Å². The van der Waals surface area contributed by atoms with Gasteiger partial charge in [-0.1, -0.05) is 0 Å². The van der Waals surface area contributed by atoms with E-state index in [0.717, 1.165) is 72.9 Å². The van der Waals surface area contributed by atoms with Gasteiger partial charge in [-0.15, -0.1) is 0 Å². The molecule has 166 valence electrons. The van der Waals surface area contributed by atoms with Crippen LogP contribution in [0.2, 0.25) is 0 Å². The SMILES string of the molecule is CN(C)CCCOc1ccc(-c2ccc3nc4nccc(N5CCOCC5)c4n3c2)cn1. The number of hydrogen-bond donors (Lipinski definition) is 0. The van der Waals surface area contributed by atoms with Gasteiger partial charge in [0.1, 0.15) is 11.2 Å². The van der Waals surface area contributed by atoms with E-state index in [2.05, 4.69) is 62.7 Å². The minimum Gasteiger partial charge on any atom is -0.478 e. The zero-order chi connectivity index (χ0) is 21.9. The molecule has 0 N–H and O–H groups in total. The standard InChI is InChI=1S/C24H28N6O2/c1-28(2)10-3-13-32-22-7-5-18(16-26-22)19-4-6-21-27-24-23(30(21)17-19)20(8-9-25-24)29-11-14-31-15-12-29/h4-9,16-17H,3,10-15H2,1-2H3. The largest absolute Gasteiger partial charge is 0.478 e. The molecule has 0 spiro atoms. The zero-order valence-electron chi connectivity index (χ0n) is 18.6. The van der Waals surface area contributed by atoms with Gasteiger partial charge in [-0.2, -0.15) is 0 Å². The molecule has 1 saturated heterocycles. The highest BCUT2D eigenvalue weighted by Gasteiger charge is 2.18. The second kappa shape index (κ2) is 9.10. The maximum atomic E-state index is 5.77. The van der Waals surface area contributed by atoms with Crippen molar-refractivity contribution in [2.45, 2.75) is 6.42 Å². The molecule has 0 aromatic carbocycles. The van der Waals surface area contributed by atoms with Crippen molar-refractivity contribution in [1.82, 2.24) is 24.3 Å². The fourth-order valence-electron chi connectivity index (χ4n) is 4.04. The molecular formula is C24H28N6O2. The van der Waals surface area contributed by atoms with Crippen molar-refractivity contribution in [1.29, 1.82) is 0 Å². The molecule has 8 nitrogen and oxygen atoms in total. The maximum absolute atomic E-state index is 5.77. The minimum absolute atomic E-state index is 0.653. The van der Waals surface area contributed by atoms with Crippen LogP contribution in [0.4, 0.5) is 5.69 Å². The van der Waals surface area contributed by atoms with E-state index in [9.17, 15) is 0 Å². The number of nitrogens with zero attached hydrogens (tertiary/aromatic N) is 6. The molecule has 0 aliphatic carbocycles. The van der Waals surface area contributed by atoms with Crippen LogP contribution < -0.4 is 9.64 Å². The molecule has 0 atom stereocenters. The molecule has 4 aromatic heterocycles. The Kier molecular flexibility index (Phi) is 5.87. The number of rotatable bonds is 7. The summed E-state index contributed by atoms with van der Waals surface area (Å²) in [7, 11) is 4.13. The number of pyridine rings is 3. The van der Waals surface area contributed by atoms with E-state index in [1.807, 2.05) is 24.5 Å². The lowest BCUT2D eigenvalue weighted by Crippen LogP contribution is -2.36. The van der Waals surface area contributed by atoms with Gasteiger partial charge in [-0.05, 0) is 44.8 Å². The van der Waals surface area contributed by atoms with Gasteiger partial charge in [0.05, 0.1) is 25.5 Å². The minimum atomic E-state index is 0.653. The monoisotopic (exact) mass is 432 g/mol. The van der Waals surface area contributed by atoms with E-state index in [1.54, 1.807) is 0 Å². The topological polar surface area (TPSA) is 68.0 Å². The van der Waals surface area contributed by atoms with Crippen LogP contribution >= 0.6 is 0 Å². The van der Waals surface area contributed by atoms with E-state index in [0.29, 0.717) is 12.5 Å². The number of imidazole rings is 1. The van der Waals surface area contributed by atoms with Gasteiger partial charge in [0, 0.05) is 55.4 Å². The molecule has 4 aromatic rings. The first kappa shape index (κ1) is 20.7. The average molecular weight is 433 g/mol. The molecule has 0 bridgehead atoms. The molecule has 1 aliphatic rings. The summed E-state index contributed by atoms with van der Waals surface area (Å²) in [5.74, 6) is 0.653. The smallest absolute Gasteiger partial charge is 0.213 e. The Hall–Kier alpha value is -3.23. The van der Waals surface area contributed by atoms with Gasteiger partial charge in [-0.3, -0.25) is 4.40 Å². The van der Waals surface area contributed by atoms with Gasteiger partial charge in [0.2, 0.25) is 5.88 Å². The average Bonchev–Trinajstić information content (AvgIpc) is 3.21. The summed E-state index contributed by atoms with van der Waals surface area (Å²) < 4.78 is 13.4. The molecule has 0 amide bonds. The first-order valence-corrected chi connectivity index (χ1v) is 11.0. The number of hydrogen-bond acceptors (Lipinski definition) is 7. The third-order valence-corrected chi connectivity index (χ3v) is 5.69. The predicted octanol–water partition coefficient (Wildman–Crippen LogP) is 3.11. The van der Waals surface area contributed by atoms with Crippen LogP contribution in [0.5, 0.6) is 5.88 Å². The van der Waals surface area contributed by atoms with E-state index in [1.165, 1.54) is 0 Å². The highest BCUT2D eigenvalue weighted by atomic mass is 16.5. The second-order valence-electron chi connectivity index (χ2n) is 8.25. The molecule has 0 radical (unpaired) electrons. The van der Waals surface area contributed by atoms with Gasteiger partial charge in [0.25, 0.3) is 0 Å². The van der Waals surface area contributed by atoms with E-state index < -0.39 is 0 Å². The molecular weight excluding hydrogens is 404 g/mol. The highest BCUT2D eigenvalue weighted by molar-refractivity contribution is 5.90. The summed E-state index contributed by atoms with van der Waals surface area (Å²) in [5.41, 5.74) is 5.91. The summed E-state index contributed by atoms with van der Waals surface area (Å²) >= 11 is 0. The maximum Gasteiger partial charge on any atom is 0.213 e. The molecule has 32 heavy (non-hydrogen) atoms. The van der Waals surface area contributed by atoms with Crippen molar-refractivity contribution >= 4 is 22.5 Å². The van der Waals surface area contributed by atoms with Crippen LogP contribution in [-0.4, -0.2) is 77.8 Å². The van der Waals surface area contributed by atoms with Gasteiger partial charge >= 0.3 is 0 Å². The third kappa shape index (κ3) is 4.24. The summed E-state index contributed by atoms with van der Waals surface area (Å²) in [5, 5.41) is 0. The van der Waals surface area contributed by atoms with Crippen LogP contribution in [0.15, 0.2) is 48.9 Å². The lowest BCUT2D eigenvalue weighted by atomic mass is 10.1. The number of anilines is 1. The van der Waals surface area contributed by atoms with Crippen molar-refractivity contribution in [2.24, 2.45) is 0 Å². The summed E-state index contributed by atoms with van der Waals surface area (Å²) in [6.07, 6.45) is 6.79. The predicted molar refractivity (Wildman–Crippen MR) is 125 cm³/mol. The fourth-order valence-corrected chi connectivity index (χ4v) is 4.04. The Labute approximate surface area is 187 Å². The Bertz CT molecular complexity index is 1200. The normalized spacial score (nSPS) is 14.5. The Morgan fingerprint density at radius 1 is 1.03 bits per heavy atom. The molecule has 8 heteroatoms. The van der Waals surface area contributed by atoms with Crippen LogP contribution in [0.3, 0.4) is 0 Å². The molecule has 0 saturated carbocycles. The molecule has 5 heterocycles. The lowest BCUT2D eigenvalue weighted by molar-refractivity contribution is 0.123. The Morgan fingerprint density at radius 2 is 1.88 bits per heavy atom. The molecule has 1 fully saturated rings. The van der Waals surface area contributed by atoms with Crippen LogP contribution in [0.1, 0.15) is 6.42 Å². The summed E-state index contributed by atoms with van der Waals surface area (Å²) in [6, 6.07) is 10.2. The molecule has 5 rings (SSSR count). The van der Waals surface area contributed by atoms with E-state index in [4.69, 9.17) is 14.5 Å². The van der Waals surface area contributed by atoms with Crippen molar-refractivity contribution in [3.05, 3.63) is 48.9 Å². The first-order chi connectivity index (χ1) is 15.7. The van der Waals surface area contributed by atoms with Crippen LogP contribution in [-0.2, 0) is 4.74 Å². The Morgan fingerprint density at radius 3 is 2.66 bits per heavy atom. The quantitative estimate of drug-likeness (QED) is 0.416. The highest BCUT2D eigenvalue weighted by Crippen LogP contribution is 2.29. The first-order valence-electron chi connectivity index (χ1n) is 11.0. The molecule has 1 aliphatic heterocycles. The van der Waals surface area contributed by atoms with Crippen molar-refractivity contribution in [2.75, 3.05) is 58.5 Å². The lowest BCUT2D eigenvalue weighted by Gasteiger charge is -2.29. The number of aromatic nitrogens is 4. The van der Waals surface area contributed by atoms with Crippen LogP contribution in [0, 0.1) is 0 Å². The number of morpholine rings is 1. The zero-order valence-corrected chi connectivity index (χ0v) is 18.6. The third-order valence-electron chi connectivity index (χ3n) is 5.69. The van der Waals surface area contributed by atoms with Gasteiger partial charge < -0.3 is 19.3 Å².